The van der Waals surface area contributed by atoms with E-state index >= 15 is 0 Å². The highest BCUT2D eigenvalue weighted by molar-refractivity contribution is 7.90. The molecule has 1 amide bonds. The fourth-order valence-corrected chi connectivity index (χ4v) is 6.79. The average molecular weight is 552 g/mol. The van der Waals surface area contributed by atoms with E-state index in [-0.39, 0.29) is 23.7 Å². The second-order valence-electron chi connectivity index (χ2n) is 9.45. The summed E-state index contributed by atoms with van der Waals surface area (Å²) >= 11 is 12.5. The van der Waals surface area contributed by atoms with Crippen LogP contribution >= 0.6 is 23.2 Å². The molecular formula is C27H32Cl2N2O4S. The Morgan fingerprint density at radius 1 is 1.14 bits per heavy atom. The summed E-state index contributed by atoms with van der Waals surface area (Å²) in [5, 5.41) is 0.830. The number of halogens is 2. The molecule has 0 spiro atoms. The van der Waals surface area contributed by atoms with Crippen molar-refractivity contribution in [1.29, 1.82) is 0 Å². The van der Waals surface area contributed by atoms with Crippen molar-refractivity contribution in [3.05, 3.63) is 82.4 Å². The first-order valence-corrected chi connectivity index (χ1v) is 14.5. The molecule has 1 saturated carbocycles. The lowest BCUT2D eigenvalue weighted by Gasteiger charge is -2.48. The largest absolute Gasteiger partial charge is 0.358 e. The molecule has 4 rings (SSSR count). The Morgan fingerprint density at radius 2 is 1.83 bits per heavy atom. The SMILES string of the molecule is C=CC[C@@H]1O[C@H](c2cccc(Cl)c2)[C@@H](c2ccc(Cl)cc2)N([C@H](CC)CN(C)S(=O)(=O)C2CC2)C1=O. The van der Waals surface area contributed by atoms with E-state index in [0.717, 1.165) is 11.1 Å². The first kappa shape index (κ1) is 27.1. The van der Waals surface area contributed by atoms with Crippen LogP contribution in [0.15, 0.2) is 61.2 Å². The Bertz CT molecular complexity index is 1200. The number of rotatable bonds is 10. The summed E-state index contributed by atoms with van der Waals surface area (Å²) in [6.07, 6.45) is 2.69. The number of benzene rings is 2. The van der Waals surface area contributed by atoms with Gasteiger partial charge in [-0.2, -0.15) is 0 Å². The van der Waals surface area contributed by atoms with Crippen molar-refractivity contribution in [3.8, 4) is 0 Å². The van der Waals surface area contributed by atoms with Gasteiger partial charge in [-0.3, -0.25) is 4.79 Å². The van der Waals surface area contributed by atoms with Gasteiger partial charge in [0.15, 0.2) is 0 Å². The van der Waals surface area contributed by atoms with Gasteiger partial charge in [0, 0.05) is 36.1 Å². The van der Waals surface area contributed by atoms with Crippen LogP contribution in [-0.2, 0) is 19.6 Å². The van der Waals surface area contributed by atoms with Gasteiger partial charge in [-0.15, -0.1) is 6.58 Å². The monoisotopic (exact) mass is 550 g/mol. The molecular weight excluding hydrogens is 519 g/mol. The van der Waals surface area contributed by atoms with Gasteiger partial charge in [0.05, 0.1) is 11.3 Å². The second kappa shape index (κ2) is 11.2. The Morgan fingerprint density at radius 3 is 2.42 bits per heavy atom. The Labute approximate surface area is 223 Å². The third kappa shape index (κ3) is 5.65. The third-order valence-electron chi connectivity index (χ3n) is 6.91. The van der Waals surface area contributed by atoms with Gasteiger partial charge < -0.3 is 9.64 Å². The van der Waals surface area contributed by atoms with Crippen LogP contribution in [0.3, 0.4) is 0 Å². The number of amides is 1. The highest BCUT2D eigenvalue weighted by Gasteiger charge is 2.47. The summed E-state index contributed by atoms with van der Waals surface area (Å²) in [5.41, 5.74) is 1.68. The molecule has 0 N–H and O–H groups in total. The van der Waals surface area contributed by atoms with Gasteiger partial charge in [-0.25, -0.2) is 12.7 Å². The Kier molecular flexibility index (Phi) is 8.47. The van der Waals surface area contributed by atoms with Crippen LogP contribution in [0.5, 0.6) is 0 Å². The minimum absolute atomic E-state index is 0.183. The molecule has 1 saturated heterocycles. The molecule has 0 unspecified atom stereocenters. The number of ether oxygens (including phenoxy) is 1. The average Bonchev–Trinajstić information content (AvgIpc) is 3.70. The normalized spacial score (nSPS) is 23.6. The number of sulfonamides is 1. The molecule has 2 aliphatic rings. The lowest BCUT2D eigenvalue weighted by molar-refractivity contribution is -0.179. The van der Waals surface area contributed by atoms with Crippen molar-refractivity contribution in [1.82, 2.24) is 9.21 Å². The van der Waals surface area contributed by atoms with Crippen LogP contribution in [0.1, 0.15) is 55.9 Å². The summed E-state index contributed by atoms with van der Waals surface area (Å²) < 4.78 is 33.7. The zero-order valence-corrected chi connectivity index (χ0v) is 22.8. The van der Waals surface area contributed by atoms with Gasteiger partial charge in [-0.05, 0) is 54.7 Å². The highest BCUT2D eigenvalue weighted by Crippen LogP contribution is 2.45. The maximum atomic E-state index is 13.9. The van der Waals surface area contributed by atoms with E-state index in [1.165, 1.54) is 4.31 Å². The van der Waals surface area contributed by atoms with Crippen molar-refractivity contribution in [2.75, 3.05) is 13.6 Å². The summed E-state index contributed by atoms with van der Waals surface area (Å²) in [5.74, 6) is -0.183. The van der Waals surface area contributed by atoms with Crippen LogP contribution in [0.4, 0.5) is 0 Å². The molecule has 1 heterocycles. The number of hydrogen-bond donors (Lipinski definition) is 0. The topological polar surface area (TPSA) is 66.9 Å². The van der Waals surface area contributed by atoms with Gasteiger partial charge >= 0.3 is 0 Å². The quantitative estimate of drug-likeness (QED) is 0.351. The second-order valence-corrected chi connectivity index (χ2v) is 12.6. The third-order valence-corrected chi connectivity index (χ3v) is 9.73. The fourth-order valence-electron chi connectivity index (χ4n) is 4.85. The lowest BCUT2D eigenvalue weighted by atomic mass is 9.89. The molecule has 194 valence electrons. The van der Waals surface area contributed by atoms with Gasteiger partial charge in [0.2, 0.25) is 10.0 Å². The minimum atomic E-state index is -3.40. The molecule has 9 heteroatoms. The number of nitrogens with zero attached hydrogens (tertiary/aromatic N) is 2. The van der Waals surface area contributed by atoms with E-state index in [4.69, 9.17) is 27.9 Å². The summed E-state index contributed by atoms with van der Waals surface area (Å²) in [6, 6.07) is 13.9. The molecule has 2 fully saturated rings. The van der Waals surface area contributed by atoms with E-state index in [0.29, 0.717) is 35.7 Å². The van der Waals surface area contributed by atoms with Crippen LogP contribution in [-0.4, -0.2) is 54.5 Å². The number of likely N-dealkylation sites (N-methyl/N-ethyl adjacent to an activating group) is 1. The number of morpholine rings is 1. The molecule has 6 nitrogen and oxygen atoms in total. The first-order valence-electron chi connectivity index (χ1n) is 12.2. The summed E-state index contributed by atoms with van der Waals surface area (Å²) in [7, 11) is -1.79. The molecule has 4 atom stereocenters. The van der Waals surface area contributed by atoms with E-state index in [9.17, 15) is 13.2 Å². The van der Waals surface area contributed by atoms with E-state index < -0.39 is 28.3 Å². The molecule has 0 bridgehead atoms. The summed E-state index contributed by atoms with van der Waals surface area (Å²) in [6.45, 7) is 5.99. The fraction of sp³-hybridized carbons (Fsp3) is 0.444. The standard InChI is InChI=1S/C27H32Cl2N2O4S/c1-4-7-24-27(32)31(22(5-2)17-30(3)36(33,34)23-14-15-23)25(18-10-12-20(28)13-11-18)26(35-24)19-8-6-9-21(29)16-19/h4,6,8-13,16,22-26H,1,5,7,14-15,17H2,2-3H3/t22-,24+,25-,26-/m1/s1. The zero-order valence-electron chi connectivity index (χ0n) is 20.5. The van der Waals surface area contributed by atoms with Crippen LogP contribution in [0.25, 0.3) is 0 Å². The Balaban J connectivity index is 1.80. The molecule has 0 radical (unpaired) electrons. The van der Waals surface area contributed by atoms with E-state index in [1.54, 1.807) is 31.3 Å². The van der Waals surface area contributed by atoms with Crippen molar-refractivity contribution >= 4 is 39.1 Å². The zero-order chi connectivity index (χ0) is 26.0. The number of hydrogen-bond acceptors (Lipinski definition) is 4. The molecule has 2 aromatic rings. The van der Waals surface area contributed by atoms with Crippen LogP contribution < -0.4 is 0 Å². The smallest absolute Gasteiger partial charge is 0.252 e. The molecule has 36 heavy (non-hydrogen) atoms. The molecule has 0 aromatic heterocycles. The van der Waals surface area contributed by atoms with Crippen molar-refractivity contribution < 1.29 is 17.9 Å². The van der Waals surface area contributed by atoms with Crippen molar-refractivity contribution in [2.45, 2.75) is 62.1 Å². The van der Waals surface area contributed by atoms with Gasteiger partial charge in [-0.1, -0.05) is 60.5 Å². The Hall–Kier alpha value is -1.90. The molecule has 2 aromatic carbocycles. The first-order chi connectivity index (χ1) is 17.2. The lowest BCUT2D eigenvalue weighted by Crippen LogP contribution is -2.57. The maximum Gasteiger partial charge on any atom is 0.252 e. The predicted molar refractivity (Wildman–Crippen MR) is 144 cm³/mol. The number of carbonyl (C=O) groups excluding carboxylic acids is 1. The van der Waals surface area contributed by atoms with Gasteiger partial charge in [0.1, 0.15) is 12.2 Å². The minimum Gasteiger partial charge on any atom is -0.358 e. The highest BCUT2D eigenvalue weighted by atomic mass is 35.5. The van der Waals surface area contributed by atoms with Crippen LogP contribution in [0.2, 0.25) is 10.0 Å². The number of carbonyl (C=O) groups is 1. The predicted octanol–water partition coefficient (Wildman–Crippen LogP) is 5.78. The van der Waals surface area contributed by atoms with E-state index in [1.807, 2.05) is 42.2 Å². The van der Waals surface area contributed by atoms with Crippen molar-refractivity contribution in [2.24, 2.45) is 0 Å². The van der Waals surface area contributed by atoms with Crippen LogP contribution in [0, 0.1) is 0 Å². The van der Waals surface area contributed by atoms with E-state index in [2.05, 4.69) is 6.58 Å². The maximum absolute atomic E-state index is 13.9. The molecule has 1 aliphatic carbocycles. The molecule has 1 aliphatic heterocycles. The van der Waals surface area contributed by atoms with Gasteiger partial charge in [0.25, 0.3) is 5.91 Å². The summed E-state index contributed by atoms with van der Waals surface area (Å²) in [4.78, 5) is 15.7. The van der Waals surface area contributed by atoms with Crippen molar-refractivity contribution in [3.63, 3.8) is 0 Å².